The van der Waals surface area contributed by atoms with Crippen LogP contribution in [0.2, 0.25) is 0 Å². The molecule has 0 bridgehead atoms. The van der Waals surface area contributed by atoms with E-state index in [4.69, 9.17) is 4.74 Å². The third-order valence-corrected chi connectivity index (χ3v) is 5.72. The fraction of sp³-hybridized carbons (Fsp3) is 0.455. The number of morpholine rings is 1. The van der Waals surface area contributed by atoms with Crippen molar-refractivity contribution in [3.05, 3.63) is 52.1 Å². The van der Waals surface area contributed by atoms with Crippen molar-refractivity contribution < 1.29 is 9.53 Å². The van der Waals surface area contributed by atoms with Gasteiger partial charge < -0.3 is 10.1 Å². The van der Waals surface area contributed by atoms with Crippen LogP contribution in [0.5, 0.6) is 0 Å². The molecule has 4 rings (SSSR count). The van der Waals surface area contributed by atoms with Crippen LogP contribution in [0.4, 0.5) is 0 Å². The van der Waals surface area contributed by atoms with E-state index in [1.165, 1.54) is 4.68 Å². The Morgan fingerprint density at radius 3 is 2.58 bits per heavy atom. The van der Waals surface area contributed by atoms with Crippen molar-refractivity contribution in [2.75, 3.05) is 39.4 Å². The summed E-state index contributed by atoms with van der Waals surface area (Å²) >= 11 is 0. The molecule has 1 aliphatic rings. The Labute approximate surface area is 180 Å². The van der Waals surface area contributed by atoms with Crippen LogP contribution in [0.15, 0.2) is 35.1 Å². The van der Waals surface area contributed by atoms with Gasteiger partial charge in [0.2, 0.25) is 5.91 Å². The normalized spacial score (nSPS) is 15.8. The molecule has 0 spiro atoms. The number of aromatic nitrogens is 4. The van der Waals surface area contributed by atoms with Gasteiger partial charge in [-0.1, -0.05) is 18.2 Å². The second kappa shape index (κ2) is 8.99. The zero-order valence-electron chi connectivity index (χ0n) is 18.2. The maximum Gasteiger partial charge on any atom is 0.295 e. The van der Waals surface area contributed by atoms with Crippen LogP contribution in [-0.2, 0) is 9.53 Å². The zero-order chi connectivity index (χ0) is 22.0. The lowest BCUT2D eigenvalue weighted by molar-refractivity contribution is -0.124. The highest BCUT2D eigenvalue weighted by Crippen LogP contribution is 2.21. The van der Waals surface area contributed by atoms with Gasteiger partial charge in [-0.3, -0.25) is 14.5 Å². The second-order valence-corrected chi connectivity index (χ2v) is 7.81. The van der Waals surface area contributed by atoms with Crippen LogP contribution in [0, 0.1) is 13.8 Å². The lowest BCUT2D eigenvalue weighted by Gasteiger charge is -2.26. The van der Waals surface area contributed by atoms with Crippen LogP contribution < -0.4 is 10.9 Å². The van der Waals surface area contributed by atoms with Crippen LogP contribution in [0.1, 0.15) is 24.4 Å². The van der Waals surface area contributed by atoms with E-state index in [0.717, 1.165) is 49.6 Å². The number of rotatable bonds is 6. The first-order valence-corrected chi connectivity index (χ1v) is 10.6. The highest BCUT2D eigenvalue weighted by Gasteiger charge is 2.23. The van der Waals surface area contributed by atoms with Gasteiger partial charge in [0, 0.05) is 26.2 Å². The third kappa shape index (κ3) is 4.24. The minimum Gasteiger partial charge on any atom is -0.379 e. The summed E-state index contributed by atoms with van der Waals surface area (Å²) in [5.74, 6) is -0.235. The highest BCUT2D eigenvalue weighted by molar-refractivity contribution is 5.84. The average molecular weight is 425 g/mol. The smallest absolute Gasteiger partial charge is 0.295 e. The van der Waals surface area contributed by atoms with Crippen molar-refractivity contribution in [2.24, 2.45) is 0 Å². The Balaban J connectivity index is 1.56. The molecule has 1 fully saturated rings. The molecule has 1 saturated heterocycles. The Kier molecular flexibility index (Phi) is 6.15. The summed E-state index contributed by atoms with van der Waals surface area (Å²) in [7, 11) is 0. The van der Waals surface area contributed by atoms with Crippen LogP contribution in [0.3, 0.4) is 0 Å². The summed E-state index contributed by atoms with van der Waals surface area (Å²) in [5.41, 5.74) is 2.34. The lowest BCUT2D eigenvalue weighted by atomic mass is 10.2. The number of ether oxygens (including phenoxy) is 1. The standard InChI is InChI=1S/C22H28N6O3/c1-15-19-16(2)27(18-7-5-4-6-8-18)25-20(19)22(30)28(24-15)17(3)21(29)23-9-10-26-11-13-31-14-12-26/h4-8,17H,9-14H2,1-3H3,(H,23,29)/t17-/m1/s1. The van der Waals surface area contributed by atoms with E-state index in [1.54, 1.807) is 11.6 Å². The minimum absolute atomic E-state index is 0.235. The van der Waals surface area contributed by atoms with Gasteiger partial charge in [0.25, 0.3) is 5.56 Å². The van der Waals surface area contributed by atoms with E-state index in [9.17, 15) is 9.59 Å². The van der Waals surface area contributed by atoms with E-state index < -0.39 is 6.04 Å². The number of carbonyl (C=O) groups is 1. The SMILES string of the molecule is Cc1nn([C@H](C)C(=O)NCCN2CCOCC2)c(=O)c2nn(-c3ccccc3)c(C)c12. The van der Waals surface area contributed by atoms with Crippen LogP contribution in [-0.4, -0.2) is 69.8 Å². The summed E-state index contributed by atoms with van der Waals surface area (Å²) in [6.07, 6.45) is 0. The largest absolute Gasteiger partial charge is 0.379 e. The van der Waals surface area contributed by atoms with Gasteiger partial charge in [-0.2, -0.15) is 10.2 Å². The molecule has 1 atom stereocenters. The molecule has 0 saturated carbocycles. The molecule has 0 aliphatic carbocycles. The Hall–Kier alpha value is -3.04. The lowest BCUT2D eigenvalue weighted by Crippen LogP contribution is -2.43. The Morgan fingerprint density at radius 2 is 1.87 bits per heavy atom. The molecule has 1 N–H and O–H groups in total. The summed E-state index contributed by atoms with van der Waals surface area (Å²) in [4.78, 5) is 28.1. The molecule has 31 heavy (non-hydrogen) atoms. The van der Waals surface area contributed by atoms with Gasteiger partial charge in [0.1, 0.15) is 6.04 Å². The first-order chi connectivity index (χ1) is 15.0. The highest BCUT2D eigenvalue weighted by atomic mass is 16.5. The van der Waals surface area contributed by atoms with E-state index in [2.05, 4.69) is 20.4 Å². The summed E-state index contributed by atoms with van der Waals surface area (Å²) in [5, 5.41) is 12.7. The van der Waals surface area contributed by atoms with E-state index in [1.807, 2.05) is 44.2 Å². The third-order valence-electron chi connectivity index (χ3n) is 5.72. The van der Waals surface area contributed by atoms with Gasteiger partial charge in [-0.15, -0.1) is 0 Å². The number of benzene rings is 1. The molecule has 1 aliphatic heterocycles. The van der Waals surface area contributed by atoms with E-state index in [0.29, 0.717) is 17.8 Å². The van der Waals surface area contributed by atoms with E-state index >= 15 is 0 Å². The van der Waals surface area contributed by atoms with Gasteiger partial charge in [0.05, 0.1) is 35.7 Å². The molecule has 9 nitrogen and oxygen atoms in total. The number of aryl methyl sites for hydroxylation is 2. The molecule has 0 radical (unpaired) electrons. The fourth-order valence-electron chi connectivity index (χ4n) is 3.95. The average Bonchev–Trinajstić information content (AvgIpc) is 3.15. The maximum atomic E-state index is 13.2. The number of nitrogens with one attached hydrogen (secondary N) is 1. The molecule has 2 aromatic heterocycles. The zero-order valence-corrected chi connectivity index (χ0v) is 18.2. The van der Waals surface area contributed by atoms with Crippen LogP contribution >= 0.6 is 0 Å². The molecular formula is C22H28N6O3. The number of carbonyl (C=O) groups excluding carboxylic acids is 1. The molecular weight excluding hydrogens is 396 g/mol. The van der Waals surface area contributed by atoms with E-state index in [-0.39, 0.29) is 11.5 Å². The Bertz CT molecular complexity index is 1130. The summed E-state index contributed by atoms with van der Waals surface area (Å²) in [6.45, 7) is 9.88. The van der Waals surface area contributed by atoms with Gasteiger partial charge in [-0.05, 0) is 32.9 Å². The second-order valence-electron chi connectivity index (χ2n) is 7.81. The molecule has 0 unspecified atom stereocenters. The molecule has 3 aromatic rings. The number of amides is 1. The van der Waals surface area contributed by atoms with Crippen molar-refractivity contribution >= 4 is 16.8 Å². The first-order valence-electron chi connectivity index (χ1n) is 10.6. The number of nitrogens with zero attached hydrogens (tertiary/aromatic N) is 5. The number of fused-ring (bicyclic) bond motifs is 1. The van der Waals surface area contributed by atoms with Crippen LogP contribution in [0.25, 0.3) is 16.6 Å². The van der Waals surface area contributed by atoms with Crippen molar-refractivity contribution in [3.8, 4) is 5.69 Å². The summed E-state index contributed by atoms with van der Waals surface area (Å²) in [6, 6.07) is 8.92. The van der Waals surface area contributed by atoms with Crippen molar-refractivity contribution in [2.45, 2.75) is 26.8 Å². The van der Waals surface area contributed by atoms with Gasteiger partial charge in [-0.25, -0.2) is 9.36 Å². The minimum atomic E-state index is -0.734. The van der Waals surface area contributed by atoms with Crippen molar-refractivity contribution in [1.82, 2.24) is 29.8 Å². The van der Waals surface area contributed by atoms with Gasteiger partial charge in [0.15, 0.2) is 5.52 Å². The maximum absolute atomic E-state index is 13.2. The number of hydrogen-bond acceptors (Lipinski definition) is 6. The summed E-state index contributed by atoms with van der Waals surface area (Å²) < 4.78 is 8.33. The molecule has 164 valence electrons. The molecule has 9 heteroatoms. The van der Waals surface area contributed by atoms with Gasteiger partial charge >= 0.3 is 0 Å². The fourth-order valence-corrected chi connectivity index (χ4v) is 3.95. The predicted octanol–water partition coefficient (Wildman–Crippen LogP) is 1.21. The number of hydrogen-bond donors (Lipinski definition) is 1. The Morgan fingerprint density at radius 1 is 1.16 bits per heavy atom. The predicted molar refractivity (Wildman–Crippen MR) is 118 cm³/mol. The molecule has 1 amide bonds. The molecule has 1 aromatic carbocycles. The van der Waals surface area contributed by atoms with Crippen molar-refractivity contribution in [1.29, 1.82) is 0 Å². The van der Waals surface area contributed by atoms with Crippen molar-refractivity contribution in [3.63, 3.8) is 0 Å². The number of para-hydroxylation sites is 1. The molecule has 3 heterocycles. The first kappa shape index (κ1) is 21.2. The monoisotopic (exact) mass is 424 g/mol. The topological polar surface area (TPSA) is 94.3 Å². The quantitative estimate of drug-likeness (QED) is 0.639.